The summed E-state index contributed by atoms with van der Waals surface area (Å²) in [7, 11) is 1.68. The van der Waals surface area contributed by atoms with E-state index in [0.717, 1.165) is 25.3 Å². The van der Waals surface area contributed by atoms with Crippen molar-refractivity contribution in [3.63, 3.8) is 0 Å². The summed E-state index contributed by atoms with van der Waals surface area (Å²) in [4.78, 5) is 6.41. The third-order valence-electron chi connectivity index (χ3n) is 2.28. The Kier molecular flexibility index (Phi) is 6.35. The first-order chi connectivity index (χ1) is 8.31. The van der Waals surface area contributed by atoms with Crippen molar-refractivity contribution in [3.8, 4) is 0 Å². The number of nitrogens with zero attached hydrogens (tertiary/aromatic N) is 2. The average molecular weight is 239 g/mol. The summed E-state index contributed by atoms with van der Waals surface area (Å²) in [6.07, 6.45) is 3.50. The Morgan fingerprint density at radius 2 is 2.47 bits per heavy atom. The Hall–Kier alpha value is -1.33. The van der Waals surface area contributed by atoms with Crippen LogP contribution in [0.3, 0.4) is 0 Å². The van der Waals surface area contributed by atoms with E-state index in [2.05, 4.69) is 23.8 Å². The van der Waals surface area contributed by atoms with Gasteiger partial charge in [-0.3, -0.25) is 0 Å². The van der Waals surface area contributed by atoms with Gasteiger partial charge in [0.2, 0.25) is 0 Å². The summed E-state index contributed by atoms with van der Waals surface area (Å²) >= 11 is 0. The summed E-state index contributed by atoms with van der Waals surface area (Å²) in [6, 6.07) is 0.620. The smallest absolute Gasteiger partial charge is 0.297 e. The number of methoxy groups -OCH3 is 1. The van der Waals surface area contributed by atoms with Crippen molar-refractivity contribution in [3.05, 3.63) is 24.6 Å². The lowest BCUT2D eigenvalue weighted by Gasteiger charge is -2.17. The highest BCUT2D eigenvalue weighted by atomic mass is 16.5. The fraction of sp³-hybridized carbons (Fsp3) is 0.583. The van der Waals surface area contributed by atoms with E-state index in [1.165, 1.54) is 0 Å². The lowest BCUT2D eigenvalue weighted by atomic mass is 10.4. The van der Waals surface area contributed by atoms with E-state index >= 15 is 0 Å². The molecule has 0 saturated heterocycles. The van der Waals surface area contributed by atoms with Gasteiger partial charge in [-0.2, -0.15) is 4.98 Å². The number of anilines is 1. The van der Waals surface area contributed by atoms with Crippen LogP contribution in [0.25, 0.3) is 0 Å². The standard InChI is InChI=1S/C12H21N3O2/c1-4-6-15(7-8-16-3)12-14-11(10-17-12)9-13-5-2/h4,10,13H,1,5-9H2,2-3H3. The maximum absolute atomic E-state index is 5.44. The molecule has 0 aliphatic rings. The highest BCUT2D eigenvalue weighted by Gasteiger charge is 2.11. The summed E-state index contributed by atoms with van der Waals surface area (Å²) < 4.78 is 10.5. The first-order valence-electron chi connectivity index (χ1n) is 5.81. The van der Waals surface area contributed by atoms with Gasteiger partial charge in [0.15, 0.2) is 0 Å². The Labute approximate surface area is 102 Å². The fourth-order valence-corrected chi connectivity index (χ4v) is 1.40. The summed E-state index contributed by atoms with van der Waals surface area (Å²) in [5.41, 5.74) is 0.910. The summed E-state index contributed by atoms with van der Waals surface area (Å²) in [6.45, 7) is 9.51. The number of oxazole rings is 1. The molecule has 0 bridgehead atoms. The minimum absolute atomic E-state index is 0.620. The molecule has 1 aromatic heterocycles. The first-order valence-corrected chi connectivity index (χ1v) is 5.81. The van der Waals surface area contributed by atoms with Gasteiger partial charge in [0.1, 0.15) is 6.26 Å². The van der Waals surface area contributed by atoms with Gasteiger partial charge < -0.3 is 19.4 Å². The molecule has 0 unspecified atom stereocenters. The molecule has 0 amide bonds. The van der Waals surface area contributed by atoms with E-state index in [4.69, 9.17) is 9.15 Å². The lowest BCUT2D eigenvalue weighted by Crippen LogP contribution is -2.27. The van der Waals surface area contributed by atoms with Crippen LogP contribution in [-0.2, 0) is 11.3 Å². The molecule has 0 fully saturated rings. The summed E-state index contributed by atoms with van der Waals surface area (Å²) in [5.74, 6) is 0. The molecule has 1 heterocycles. The van der Waals surface area contributed by atoms with Crippen LogP contribution in [0.5, 0.6) is 0 Å². The minimum atomic E-state index is 0.620. The lowest BCUT2D eigenvalue weighted by molar-refractivity contribution is 0.204. The van der Waals surface area contributed by atoms with Crippen molar-refractivity contribution >= 4 is 6.01 Å². The normalized spacial score (nSPS) is 10.5. The van der Waals surface area contributed by atoms with E-state index < -0.39 is 0 Å². The second-order valence-corrected chi connectivity index (χ2v) is 3.63. The molecule has 1 aromatic rings. The fourth-order valence-electron chi connectivity index (χ4n) is 1.40. The highest BCUT2D eigenvalue weighted by Crippen LogP contribution is 2.13. The van der Waals surface area contributed by atoms with Gasteiger partial charge in [-0.15, -0.1) is 6.58 Å². The molecular formula is C12H21N3O2. The molecule has 17 heavy (non-hydrogen) atoms. The first kappa shape index (κ1) is 13.7. The van der Waals surface area contributed by atoms with Gasteiger partial charge in [-0.05, 0) is 6.54 Å². The van der Waals surface area contributed by atoms with E-state index in [-0.39, 0.29) is 0 Å². The Bertz CT molecular complexity index is 325. The van der Waals surface area contributed by atoms with Gasteiger partial charge in [0, 0.05) is 26.7 Å². The Morgan fingerprint density at radius 3 is 3.12 bits per heavy atom. The minimum Gasteiger partial charge on any atom is -0.432 e. The van der Waals surface area contributed by atoms with Gasteiger partial charge in [-0.25, -0.2) is 0 Å². The van der Waals surface area contributed by atoms with Crippen molar-refractivity contribution in [2.24, 2.45) is 0 Å². The van der Waals surface area contributed by atoms with Crippen LogP contribution in [0.4, 0.5) is 6.01 Å². The predicted octanol–water partition coefficient (Wildman–Crippen LogP) is 1.42. The van der Waals surface area contributed by atoms with Crippen molar-refractivity contribution in [2.75, 3.05) is 38.3 Å². The van der Waals surface area contributed by atoms with Gasteiger partial charge >= 0.3 is 0 Å². The number of ether oxygens (including phenoxy) is 1. The van der Waals surface area contributed by atoms with Crippen LogP contribution in [0.2, 0.25) is 0 Å². The number of rotatable bonds is 9. The third-order valence-corrected chi connectivity index (χ3v) is 2.28. The second-order valence-electron chi connectivity index (χ2n) is 3.63. The highest BCUT2D eigenvalue weighted by molar-refractivity contribution is 5.28. The van der Waals surface area contributed by atoms with Gasteiger partial charge in [0.05, 0.1) is 12.3 Å². The van der Waals surface area contributed by atoms with Crippen LogP contribution in [-0.4, -0.2) is 38.3 Å². The van der Waals surface area contributed by atoms with E-state index in [1.807, 2.05) is 11.0 Å². The van der Waals surface area contributed by atoms with Gasteiger partial charge in [-0.1, -0.05) is 13.0 Å². The zero-order valence-electron chi connectivity index (χ0n) is 10.6. The molecule has 0 radical (unpaired) electrons. The molecule has 0 aliphatic heterocycles. The summed E-state index contributed by atoms with van der Waals surface area (Å²) in [5, 5.41) is 3.21. The Morgan fingerprint density at radius 1 is 1.65 bits per heavy atom. The molecule has 0 aromatic carbocycles. The second kappa shape index (κ2) is 7.86. The molecule has 0 spiro atoms. The van der Waals surface area contributed by atoms with Crippen LogP contribution in [0.1, 0.15) is 12.6 Å². The van der Waals surface area contributed by atoms with Crippen molar-refractivity contribution in [1.29, 1.82) is 0 Å². The van der Waals surface area contributed by atoms with Crippen LogP contribution in [0.15, 0.2) is 23.3 Å². The molecule has 1 rings (SSSR count). The molecule has 5 heteroatoms. The SMILES string of the molecule is C=CCN(CCOC)c1nc(CNCC)co1. The van der Waals surface area contributed by atoms with Crippen LogP contribution in [0, 0.1) is 0 Å². The number of nitrogens with one attached hydrogen (secondary N) is 1. The molecule has 5 nitrogen and oxygen atoms in total. The maximum atomic E-state index is 5.44. The average Bonchev–Trinajstić information content (AvgIpc) is 2.80. The number of hydrogen-bond acceptors (Lipinski definition) is 5. The maximum Gasteiger partial charge on any atom is 0.297 e. The molecular weight excluding hydrogens is 218 g/mol. The van der Waals surface area contributed by atoms with Crippen LogP contribution < -0.4 is 10.2 Å². The van der Waals surface area contributed by atoms with E-state index in [0.29, 0.717) is 19.2 Å². The van der Waals surface area contributed by atoms with Crippen molar-refractivity contribution in [1.82, 2.24) is 10.3 Å². The van der Waals surface area contributed by atoms with E-state index in [9.17, 15) is 0 Å². The van der Waals surface area contributed by atoms with Crippen molar-refractivity contribution in [2.45, 2.75) is 13.5 Å². The van der Waals surface area contributed by atoms with E-state index in [1.54, 1.807) is 13.4 Å². The zero-order chi connectivity index (χ0) is 12.5. The molecule has 1 N–H and O–H groups in total. The monoisotopic (exact) mass is 239 g/mol. The topological polar surface area (TPSA) is 50.5 Å². The van der Waals surface area contributed by atoms with Gasteiger partial charge in [0.25, 0.3) is 6.01 Å². The largest absolute Gasteiger partial charge is 0.432 e. The molecule has 0 aliphatic carbocycles. The van der Waals surface area contributed by atoms with Crippen LogP contribution >= 0.6 is 0 Å². The molecule has 96 valence electrons. The molecule has 0 saturated carbocycles. The van der Waals surface area contributed by atoms with Crippen molar-refractivity contribution < 1.29 is 9.15 Å². The predicted molar refractivity (Wildman–Crippen MR) is 68.2 cm³/mol. The number of hydrogen-bond donors (Lipinski definition) is 1. The Balaban J connectivity index is 2.59. The number of aromatic nitrogens is 1. The quantitative estimate of drug-likeness (QED) is 0.660. The molecule has 0 atom stereocenters. The zero-order valence-corrected chi connectivity index (χ0v) is 10.6. The third kappa shape index (κ3) is 4.58.